The van der Waals surface area contributed by atoms with Gasteiger partial charge in [-0.1, -0.05) is 0 Å². The smallest absolute Gasteiger partial charge is 0.170 e. The van der Waals surface area contributed by atoms with Gasteiger partial charge in [-0.05, 0) is 6.58 Å². The van der Waals surface area contributed by atoms with Crippen LogP contribution in [0, 0.1) is 0 Å². The van der Waals surface area contributed by atoms with E-state index in [-0.39, 0.29) is 0 Å². The molecule has 0 aromatic rings. The van der Waals surface area contributed by atoms with Crippen LogP contribution in [-0.2, 0) is 0 Å². The summed E-state index contributed by atoms with van der Waals surface area (Å²) in [6, 6.07) is 0. The van der Waals surface area contributed by atoms with Gasteiger partial charge >= 0.3 is 0 Å². The fourth-order valence-corrected chi connectivity index (χ4v) is 0.947. The molecule has 8 heavy (non-hydrogen) atoms. The highest BCUT2D eigenvalue weighted by Gasteiger charge is 2.10. The number of hydrogen-bond acceptors (Lipinski definition) is 0. The van der Waals surface area contributed by atoms with Crippen LogP contribution in [0.3, 0.4) is 0 Å². The minimum absolute atomic E-state index is 1.17. The monoisotopic (exact) mass is 110 g/mol. The summed E-state index contributed by atoms with van der Waals surface area (Å²) >= 11 is 0. The molecule has 0 unspecified atom stereocenters. The summed E-state index contributed by atoms with van der Waals surface area (Å²) in [7, 11) is 0. The fourth-order valence-electron chi connectivity index (χ4n) is 0.947. The molecule has 1 aliphatic rings. The molecular weight excluding hydrogens is 98.1 g/mol. The first-order chi connectivity index (χ1) is 3.80. The van der Waals surface area contributed by atoms with E-state index in [1.165, 1.54) is 25.1 Å². The van der Waals surface area contributed by atoms with Crippen LogP contribution < -0.4 is 0 Å². The van der Waals surface area contributed by atoms with Crippen LogP contribution >= 0.6 is 0 Å². The van der Waals surface area contributed by atoms with Gasteiger partial charge in [0.15, 0.2) is 5.70 Å². The third-order valence-corrected chi connectivity index (χ3v) is 1.44. The van der Waals surface area contributed by atoms with E-state index >= 15 is 0 Å². The third-order valence-electron chi connectivity index (χ3n) is 1.44. The van der Waals surface area contributed by atoms with Gasteiger partial charge in [0.2, 0.25) is 0 Å². The first kappa shape index (κ1) is 5.54. The Labute approximate surface area is 50.3 Å². The molecule has 0 bridgehead atoms. The summed E-state index contributed by atoms with van der Waals surface area (Å²) < 4.78 is 2.21. The van der Waals surface area contributed by atoms with E-state index < -0.39 is 0 Å². The molecular formula is C7H12N+. The summed E-state index contributed by atoms with van der Waals surface area (Å²) in [5.74, 6) is 0. The Morgan fingerprint density at radius 2 is 2.50 bits per heavy atom. The number of allylic oxidation sites excluding steroid dienone is 1. The normalized spacial score (nSPS) is 18.4. The molecule has 0 radical (unpaired) electrons. The molecule has 0 saturated heterocycles. The minimum atomic E-state index is 1.17. The van der Waals surface area contributed by atoms with Crippen LogP contribution in [0.25, 0.3) is 0 Å². The average Bonchev–Trinajstić information content (AvgIpc) is 2.12. The van der Waals surface area contributed by atoms with Crippen molar-refractivity contribution in [2.75, 3.05) is 6.54 Å². The minimum Gasteiger partial charge on any atom is -0.207 e. The van der Waals surface area contributed by atoms with Gasteiger partial charge in [-0.25, -0.2) is 4.58 Å². The van der Waals surface area contributed by atoms with Crippen LogP contribution in [0.5, 0.6) is 0 Å². The summed E-state index contributed by atoms with van der Waals surface area (Å²) in [6.07, 6.45) is 4.74. The van der Waals surface area contributed by atoms with Crippen molar-refractivity contribution in [3.63, 3.8) is 0 Å². The van der Waals surface area contributed by atoms with E-state index in [0.29, 0.717) is 0 Å². The molecule has 0 amide bonds. The van der Waals surface area contributed by atoms with E-state index in [9.17, 15) is 0 Å². The quantitative estimate of drug-likeness (QED) is 0.449. The molecule has 0 aromatic carbocycles. The lowest BCUT2D eigenvalue weighted by Crippen LogP contribution is -2.03. The van der Waals surface area contributed by atoms with Gasteiger partial charge in [-0.15, -0.1) is 0 Å². The zero-order valence-corrected chi connectivity index (χ0v) is 5.35. The molecule has 0 saturated carbocycles. The predicted octanol–water partition coefficient (Wildman–Crippen LogP) is 1.40. The Morgan fingerprint density at radius 1 is 1.75 bits per heavy atom. The number of hydrogen-bond donors (Lipinski definition) is 0. The largest absolute Gasteiger partial charge is 0.207 e. The lowest BCUT2D eigenvalue weighted by Gasteiger charge is -1.89. The maximum atomic E-state index is 3.83. The highest BCUT2D eigenvalue weighted by atomic mass is 15.0. The maximum absolute atomic E-state index is 3.83. The topological polar surface area (TPSA) is 3.01 Å². The first-order valence-corrected chi connectivity index (χ1v) is 3.06. The Morgan fingerprint density at radius 3 is 2.75 bits per heavy atom. The molecule has 1 heteroatoms. The van der Waals surface area contributed by atoms with Gasteiger partial charge < -0.3 is 0 Å². The Bertz CT molecular complexity index is 133. The summed E-state index contributed by atoms with van der Waals surface area (Å²) in [4.78, 5) is 0. The second-order valence-electron chi connectivity index (χ2n) is 2.25. The molecule has 1 rings (SSSR count). The van der Waals surface area contributed by atoms with Crippen molar-refractivity contribution in [2.24, 2.45) is 0 Å². The van der Waals surface area contributed by atoms with E-state index in [4.69, 9.17) is 0 Å². The van der Waals surface area contributed by atoms with Gasteiger partial charge in [0.25, 0.3) is 0 Å². The standard InChI is InChI=1S/C7H12N/c1-7(2)8-5-3-4-6-8/h5H,1,3-4,6H2,2H3/q+1. The Balaban J connectivity index is 2.57. The first-order valence-electron chi connectivity index (χ1n) is 3.06. The van der Waals surface area contributed by atoms with Crippen LogP contribution in [0.15, 0.2) is 12.3 Å². The van der Waals surface area contributed by atoms with Crippen LogP contribution in [0.4, 0.5) is 0 Å². The van der Waals surface area contributed by atoms with Crippen molar-refractivity contribution >= 4 is 6.21 Å². The Hall–Kier alpha value is -0.590. The van der Waals surface area contributed by atoms with Crippen molar-refractivity contribution in [3.05, 3.63) is 12.3 Å². The molecule has 0 aliphatic carbocycles. The number of rotatable bonds is 1. The van der Waals surface area contributed by atoms with Crippen LogP contribution in [-0.4, -0.2) is 17.3 Å². The van der Waals surface area contributed by atoms with Crippen molar-refractivity contribution in [1.29, 1.82) is 0 Å². The zero-order valence-electron chi connectivity index (χ0n) is 5.35. The van der Waals surface area contributed by atoms with Gasteiger partial charge in [0, 0.05) is 19.8 Å². The van der Waals surface area contributed by atoms with Crippen molar-refractivity contribution < 1.29 is 4.58 Å². The SMILES string of the molecule is C=C(C)[N+]1=CCCC1. The molecule has 0 N–H and O–H groups in total. The van der Waals surface area contributed by atoms with E-state index in [1.807, 2.05) is 6.92 Å². The summed E-state index contributed by atoms with van der Waals surface area (Å²) in [6.45, 7) is 7.05. The zero-order chi connectivity index (χ0) is 5.98. The Kier molecular flexibility index (Phi) is 1.47. The van der Waals surface area contributed by atoms with Crippen molar-refractivity contribution in [2.45, 2.75) is 19.8 Å². The predicted molar refractivity (Wildman–Crippen MR) is 35.2 cm³/mol. The van der Waals surface area contributed by atoms with Crippen molar-refractivity contribution in [3.8, 4) is 0 Å². The second-order valence-corrected chi connectivity index (χ2v) is 2.25. The molecule has 44 valence electrons. The van der Waals surface area contributed by atoms with Gasteiger partial charge in [0.05, 0.1) is 0 Å². The van der Waals surface area contributed by atoms with Gasteiger partial charge in [-0.3, -0.25) is 0 Å². The molecule has 0 atom stereocenters. The fraction of sp³-hybridized carbons (Fsp3) is 0.571. The molecule has 0 fully saturated rings. The van der Waals surface area contributed by atoms with E-state index in [0.717, 1.165) is 0 Å². The van der Waals surface area contributed by atoms with E-state index in [1.54, 1.807) is 0 Å². The van der Waals surface area contributed by atoms with Gasteiger partial charge in [0.1, 0.15) is 12.8 Å². The highest BCUT2D eigenvalue weighted by molar-refractivity contribution is 5.53. The van der Waals surface area contributed by atoms with E-state index in [2.05, 4.69) is 17.4 Å². The number of nitrogens with zero attached hydrogens (tertiary/aromatic N) is 1. The second kappa shape index (κ2) is 2.12. The molecule has 1 heterocycles. The molecule has 0 spiro atoms. The molecule has 1 nitrogen and oxygen atoms in total. The lowest BCUT2D eigenvalue weighted by atomic mass is 10.4. The van der Waals surface area contributed by atoms with Crippen LogP contribution in [0.2, 0.25) is 0 Å². The lowest BCUT2D eigenvalue weighted by molar-refractivity contribution is -0.463. The van der Waals surface area contributed by atoms with Crippen molar-refractivity contribution in [1.82, 2.24) is 0 Å². The summed E-state index contributed by atoms with van der Waals surface area (Å²) in [5, 5.41) is 0. The summed E-state index contributed by atoms with van der Waals surface area (Å²) in [5.41, 5.74) is 1.17. The molecule has 0 aromatic heterocycles. The third kappa shape index (κ3) is 0.971. The van der Waals surface area contributed by atoms with Crippen LogP contribution in [0.1, 0.15) is 19.8 Å². The molecule has 1 aliphatic heterocycles. The highest BCUT2D eigenvalue weighted by Crippen LogP contribution is 2.01. The van der Waals surface area contributed by atoms with Gasteiger partial charge in [-0.2, -0.15) is 0 Å². The maximum Gasteiger partial charge on any atom is 0.170 e. The average molecular weight is 110 g/mol.